The normalized spacial score (nSPS) is 27.1. The van der Waals surface area contributed by atoms with Crippen LogP contribution in [0.15, 0.2) is 11.8 Å². The Morgan fingerprint density at radius 3 is 3.00 bits per heavy atom. The number of aliphatic hydroxyl groups is 1. The van der Waals surface area contributed by atoms with E-state index in [9.17, 15) is 0 Å². The molecule has 1 atom stereocenters. The molecule has 1 aliphatic rings. The van der Waals surface area contributed by atoms with Crippen molar-refractivity contribution in [1.82, 2.24) is 0 Å². The lowest BCUT2D eigenvalue weighted by Gasteiger charge is -2.04. The Morgan fingerprint density at radius 1 is 2.00 bits per heavy atom. The first-order valence-electron chi connectivity index (χ1n) is 2.79. The molecule has 0 amide bonds. The molecule has 8 heavy (non-hydrogen) atoms. The molecule has 0 aromatic carbocycles. The maximum absolute atomic E-state index is 8.49. The van der Waals surface area contributed by atoms with E-state index < -0.39 is 0 Å². The molecule has 0 saturated heterocycles. The predicted octanol–water partition coefficient (Wildman–Crippen LogP) is -0.758. The number of rotatable bonds is 1. The maximum Gasteiger partial charge on any atom is 0.155 e. The average molecular weight is 112 g/mol. The van der Waals surface area contributed by atoms with Gasteiger partial charge in [-0.1, -0.05) is 0 Å². The fraction of sp³-hybridized carbons (Fsp3) is 0.600. The molecule has 0 unspecified atom stereocenters. The van der Waals surface area contributed by atoms with E-state index in [0.717, 1.165) is 12.2 Å². The topological polar surface area (TPSA) is 29.5 Å². The highest BCUT2D eigenvalue weighted by atomic mass is 16.5. The third-order valence-corrected chi connectivity index (χ3v) is 1.19. The quantitative estimate of drug-likeness (QED) is 0.452. The van der Waals surface area contributed by atoms with Crippen molar-refractivity contribution >= 4 is 7.85 Å². The van der Waals surface area contributed by atoms with Crippen molar-refractivity contribution < 1.29 is 9.84 Å². The van der Waals surface area contributed by atoms with E-state index in [2.05, 4.69) is 0 Å². The predicted molar refractivity (Wildman–Crippen MR) is 33.2 cm³/mol. The molecule has 0 aromatic heterocycles. The standard InChI is InChI=1S/C5H9BO2/c6-5-2-1-4(3-7)8-5/h1,5,7H,2-3,6H2/t5-/m1/s1. The minimum Gasteiger partial charge on any atom is -0.502 e. The van der Waals surface area contributed by atoms with Crippen LogP contribution >= 0.6 is 0 Å². The second-order valence-electron chi connectivity index (χ2n) is 1.99. The van der Waals surface area contributed by atoms with Crippen LogP contribution < -0.4 is 0 Å². The molecule has 1 aliphatic heterocycles. The lowest BCUT2D eigenvalue weighted by atomic mass is 9.98. The molecule has 0 aliphatic carbocycles. The third kappa shape index (κ3) is 1.04. The highest BCUT2D eigenvalue weighted by Crippen LogP contribution is 2.12. The Morgan fingerprint density at radius 2 is 2.75 bits per heavy atom. The van der Waals surface area contributed by atoms with E-state index in [1.54, 1.807) is 0 Å². The van der Waals surface area contributed by atoms with Crippen LogP contribution in [-0.4, -0.2) is 25.6 Å². The summed E-state index contributed by atoms with van der Waals surface area (Å²) < 4.78 is 5.12. The smallest absolute Gasteiger partial charge is 0.155 e. The molecule has 1 rings (SSSR count). The second-order valence-corrected chi connectivity index (χ2v) is 1.99. The zero-order valence-corrected chi connectivity index (χ0v) is 4.92. The molecule has 1 N–H and O–H groups in total. The number of hydrogen-bond donors (Lipinski definition) is 1. The SMILES string of the molecule is B[C@H]1CC=C(CO)O1. The molecular formula is C5H9BO2. The monoisotopic (exact) mass is 112 g/mol. The fourth-order valence-electron chi connectivity index (χ4n) is 0.754. The van der Waals surface area contributed by atoms with Crippen LogP contribution in [0.25, 0.3) is 0 Å². The molecular weight excluding hydrogens is 103 g/mol. The Kier molecular flexibility index (Phi) is 1.58. The van der Waals surface area contributed by atoms with E-state index in [0.29, 0.717) is 0 Å². The van der Waals surface area contributed by atoms with E-state index in [-0.39, 0.29) is 12.6 Å². The number of ether oxygens (including phenoxy) is 1. The fourth-order valence-corrected chi connectivity index (χ4v) is 0.754. The molecule has 0 bridgehead atoms. The maximum atomic E-state index is 8.49. The lowest BCUT2D eigenvalue weighted by molar-refractivity contribution is 0.162. The van der Waals surface area contributed by atoms with Crippen LogP contribution in [0.4, 0.5) is 0 Å². The van der Waals surface area contributed by atoms with Crippen LogP contribution in [0.5, 0.6) is 0 Å². The summed E-state index contributed by atoms with van der Waals surface area (Å²) in [7, 11) is 1.99. The van der Waals surface area contributed by atoms with Crippen LogP contribution in [-0.2, 0) is 4.74 Å². The highest BCUT2D eigenvalue weighted by Gasteiger charge is 2.10. The summed E-state index contributed by atoms with van der Waals surface area (Å²) in [4.78, 5) is 0. The van der Waals surface area contributed by atoms with E-state index in [4.69, 9.17) is 9.84 Å². The van der Waals surface area contributed by atoms with Crippen molar-refractivity contribution in [3.05, 3.63) is 11.8 Å². The molecule has 0 saturated carbocycles. The first kappa shape index (κ1) is 5.70. The van der Waals surface area contributed by atoms with Gasteiger partial charge in [0.15, 0.2) is 7.85 Å². The Balaban J connectivity index is 2.37. The van der Waals surface area contributed by atoms with Gasteiger partial charge in [-0.3, -0.25) is 0 Å². The Bertz CT molecular complexity index is 111. The average Bonchev–Trinajstić information content (AvgIpc) is 2.14. The van der Waals surface area contributed by atoms with E-state index >= 15 is 0 Å². The largest absolute Gasteiger partial charge is 0.502 e. The van der Waals surface area contributed by atoms with Crippen LogP contribution in [0.3, 0.4) is 0 Å². The summed E-state index contributed by atoms with van der Waals surface area (Å²) >= 11 is 0. The number of aliphatic hydroxyl groups excluding tert-OH is 1. The first-order valence-corrected chi connectivity index (χ1v) is 2.79. The van der Waals surface area contributed by atoms with Gasteiger partial charge in [-0.2, -0.15) is 0 Å². The minimum absolute atomic E-state index is 0.0460. The van der Waals surface area contributed by atoms with Gasteiger partial charge in [0, 0.05) is 0 Å². The van der Waals surface area contributed by atoms with Crippen LogP contribution in [0, 0.1) is 0 Å². The highest BCUT2D eigenvalue weighted by molar-refractivity contribution is 6.11. The number of hydrogen-bond acceptors (Lipinski definition) is 2. The van der Waals surface area contributed by atoms with Gasteiger partial charge < -0.3 is 9.84 Å². The third-order valence-electron chi connectivity index (χ3n) is 1.19. The summed E-state index contributed by atoms with van der Waals surface area (Å²) in [5.41, 5.74) is 0. The van der Waals surface area contributed by atoms with E-state index in [1.165, 1.54) is 0 Å². The summed E-state index contributed by atoms with van der Waals surface area (Å²) in [6.45, 7) is 0.0460. The molecule has 0 aromatic rings. The molecule has 44 valence electrons. The van der Waals surface area contributed by atoms with E-state index in [1.807, 2.05) is 13.9 Å². The summed E-state index contributed by atoms with van der Waals surface area (Å²) in [6.07, 6.45) is 2.86. The van der Waals surface area contributed by atoms with Crippen molar-refractivity contribution in [2.24, 2.45) is 0 Å². The molecule has 0 spiro atoms. The Hall–Kier alpha value is -0.435. The van der Waals surface area contributed by atoms with Gasteiger partial charge in [0.25, 0.3) is 0 Å². The zero-order chi connectivity index (χ0) is 5.98. The molecule has 0 fully saturated rings. The first-order chi connectivity index (χ1) is 3.83. The molecule has 2 nitrogen and oxygen atoms in total. The van der Waals surface area contributed by atoms with Crippen LogP contribution in [0.2, 0.25) is 0 Å². The molecule has 0 radical (unpaired) electrons. The summed E-state index contributed by atoms with van der Waals surface area (Å²) in [6, 6.07) is 0.275. The van der Waals surface area contributed by atoms with Gasteiger partial charge in [0.1, 0.15) is 12.4 Å². The lowest BCUT2D eigenvalue weighted by Crippen LogP contribution is -2.05. The van der Waals surface area contributed by atoms with Crippen molar-refractivity contribution in [3.63, 3.8) is 0 Å². The van der Waals surface area contributed by atoms with Crippen molar-refractivity contribution in [3.8, 4) is 0 Å². The van der Waals surface area contributed by atoms with Gasteiger partial charge in [0.2, 0.25) is 0 Å². The Labute approximate surface area is 49.6 Å². The van der Waals surface area contributed by atoms with Crippen LogP contribution in [0.1, 0.15) is 6.42 Å². The summed E-state index contributed by atoms with van der Waals surface area (Å²) in [5.74, 6) is 0.720. The zero-order valence-electron chi connectivity index (χ0n) is 4.92. The molecule has 3 heteroatoms. The van der Waals surface area contributed by atoms with Crippen molar-refractivity contribution in [1.29, 1.82) is 0 Å². The van der Waals surface area contributed by atoms with Crippen molar-refractivity contribution in [2.75, 3.05) is 6.61 Å². The van der Waals surface area contributed by atoms with Gasteiger partial charge in [-0.15, -0.1) is 0 Å². The van der Waals surface area contributed by atoms with Gasteiger partial charge >= 0.3 is 0 Å². The molecule has 1 heterocycles. The van der Waals surface area contributed by atoms with Crippen molar-refractivity contribution in [2.45, 2.75) is 12.4 Å². The van der Waals surface area contributed by atoms with Gasteiger partial charge in [0.05, 0.1) is 6.00 Å². The minimum atomic E-state index is 0.0460. The second kappa shape index (κ2) is 2.22. The van der Waals surface area contributed by atoms with Gasteiger partial charge in [-0.25, -0.2) is 0 Å². The summed E-state index contributed by atoms with van der Waals surface area (Å²) in [5, 5.41) is 8.49. The van der Waals surface area contributed by atoms with Gasteiger partial charge in [-0.05, 0) is 12.5 Å².